The van der Waals surface area contributed by atoms with Crippen molar-refractivity contribution in [2.45, 2.75) is 33.9 Å². The lowest BCUT2D eigenvalue weighted by Gasteiger charge is -2.10. The molecule has 0 unspecified atom stereocenters. The van der Waals surface area contributed by atoms with E-state index in [1.807, 2.05) is 36.9 Å². The van der Waals surface area contributed by atoms with Gasteiger partial charge in [0.1, 0.15) is 11.3 Å². The molecule has 0 amide bonds. The maximum Gasteiger partial charge on any atom is 0.191 e. The third-order valence-corrected chi connectivity index (χ3v) is 4.31. The van der Waals surface area contributed by atoms with E-state index in [0.29, 0.717) is 13.1 Å². The van der Waals surface area contributed by atoms with Gasteiger partial charge in [-0.2, -0.15) is 5.10 Å². The third kappa shape index (κ3) is 4.57. The molecule has 0 fully saturated rings. The number of aliphatic imine (C=N–C) groups is 1. The van der Waals surface area contributed by atoms with E-state index in [1.165, 1.54) is 5.56 Å². The van der Waals surface area contributed by atoms with Crippen molar-refractivity contribution < 1.29 is 4.42 Å². The summed E-state index contributed by atoms with van der Waals surface area (Å²) in [6.45, 7) is 8.13. The Balaban J connectivity index is 0.00000243. The van der Waals surface area contributed by atoms with Crippen LogP contribution in [0.1, 0.15) is 29.6 Å². The average Bonchev–Trinajstić information content (AvgIpc) is 3.11. The van der Waals surface area contributed by atoms with Gasteiger partial charge in [0.25, 0.3) is 0 Å². The van der Waals surface area contributed by atoms with Crippen LogP contribution >= 0.6 is 24.0 Å². The molecule has 0 bridgehead atoms. The SMILES string of the molecule is CCNC(=NCc1c(C)nn(C)c1C)NCc1cc2ccccc2o1.I. The van der Waals surface area contributed by atoms with Crippen LogP contribution in [0.3, 0.4) is 0 Å². The number of guanidine groups is 1. The monoisotopic (exact) mass is 467 g/mol. The highest BCUT2D eigenvalue weighted by atomic mass is 127. The minimum Gasteiger partial charge on any atom is -0.459 e. The number of halogens is 1. The minimum absolute atomic E-state index is 0. The molecule has 2 heterocycles. The molecule has 0 radical (unpaired) electrons. The second-order valence-electron chi connectivity index (χ2n) is 6.07. The molecular formula is C19H26IN5O. The Hall–Kier alpha value is -2.03. The van der Waals surface area contributed by atoms with Crippen LogP contribution in [0, 0.1) is 13.8 Å². The number of aromatic nitrogens is 2. The molecule has 1 aromatic carbocycles. The molecule has 0 saturated carbocycles. The number of hydrogen-bond donors (Lipinski definition) is 2. The number of nitrogens with one attached hydrogen (secondary N) is 2. The average molecular weight is 467 g/mol. The molecule has 0 aliphatic carbocycles. The summed E-state index contributed by atoms with van der Waals surface area (Å²) in [4.78, 5) is 4.69. The lowest BCUT2D eigenvalue weighted by molar-refractivity contribution is 0.538. The lowest BCUT2D eigenvalue weighted by atomic mass is 10.2. The van der Waals surface area contributed by atoms with E-state index in [4.69, 9.17) is 4.42 Å². The summed E-state index contributed by atoms with van der Waals surface area (Å²) < 4.78 is 7.74. The molecule has 0 aliphatic heterocycles. The fraction of sp³-hybridized carbons (Fsp3) is 0.368. The lowest BCUT2D eigenvalue weighted by Crippen LogP contribution is -2.36. The van der Waals surface area contributed by atoms with Crippen LogP contribution in [0.15, 0.2) is 39.7 Å². The Morgan fingerprint density at radius 2 is 2.00 bits per heavy atom. The van der Waals surface area contributed by atoms with Crippen LogP contribution in [0.25, 0.3) is 11.0 Å². The van der Waals surface area contributed by atoms with Gasteiger partial charge >= 0.3 is 0 Å². The minimum atomic E-state index is 0. The zero-order chi connectivity index (χ0) is 17.8. The van der Waals surface area contributed by atoms with Crippen LogP contribution in [0.4, 0.5) is 0 Å². The Morgan fingerprint density at radius 1 is 1.23 bits per heavy atom. The largest absolute Gasteiger partial charge is 0.459 e. The first-order valence-electron chi connectivity index (χ1n) is 8.57. The highest BCUT2D eigenvalue weighted by Gasteiger charge is 2.09. The van der Waals surface area contributed by atoms with Gasteiger partial charge in [-0.1, -0.05) is 18.2 Å². The number of aryl methyl sites for hydroxylation is 2. The molecule has 6 nitrogen and oxygen atoms in total. The smallest absolute Gasteiger partial charge is 0.191 e. The number of furan rings is 1. The number of benzene rings is 1. The summed E-state index contributed by atoms with van der Waals surface area (Å²) in [6, 6.07) is 10.1. The molecule has 0 aliphatic rings. The normalized spacial score (nSPS) is 11.5. The standard InChI is InChI=1S/C19H25N5O.HI/c1-5-20-19(22-12-17-13(2)23-24(4)14(17)3)21-11-16-10-15-8-6-7-9-18(15)25-16;/h6-10H,5,11-12H2,1-4H3,(H2,20,21,22);1H. The molecule has 2 N–H and O–H groups in total. The van der Waals surface area contributed by atoms with E-state index in [2.05, 4.69) is 46.7 Å². The summed E-state index contributed by atoms with van der Waals surface area (Å²) >= 11 is 0. The van der Waals surface area contributed by atoms with Crippen LogP contribution in [-0.2, 0) is 20.1 Å². The molecule has 0 atom stereocenters. The fourth-order valence-electron chi connectivity index (χ4n) is 2.84. The van der Waals surface area contributed by atoms with Gasteiger partial charge in [0.15, 0.2) is 5.96 Å². The van der Waals surface area contributed by atoms with Gasteiger partial charge < -0.3 is 15.1 Å². The Bertz CT molecular complexity index is 864. The van der Waals surface area contributed by atoms with E-state index >= 15 is 0 Å². The van der Waals surface area contributed by atoms with E-state index in [0.717, 1.165) is 40.6 Å². The van der Waals surface area contributed by atoms with Crippen LogP contribution in [0.2, 0.25) is 0 Å². The number of para-hydroxylation sites is 1. The van der Waals surface area contributed by atoms with E-state index in [1.54, 1.807) is 0 Å². The summed E-state index contributed by atoms with van der Waals surface area (Å²) in [7, 11) is 1.96. The summed E-state index contributed by atoms with van der Waals surface area (Å²) in [5.41, 5.74) is 4.25. The highest BCUT2D eigenvalue weighted by molar-refractivity contribution is 14.0. The van der Waals surface area contributed by atoms with E-state index < -0.39 is 0 Å². The molecule has 0 spiro atoms. The molecular weight excluding hydrogens is 441 g/mol. The molecule has 140 valence electrons. The zero-order valence-electron chi connectivity index (χ0n) is 15.7. The van der Waals surface area contributed by atoms with Crippen LogP contribution in [0.5, 0.6) is 0 Å². The van der Waals surface area contributed by atoms with Crippen LogP contribution in [-0.4, -0.2) is 22.3 Å². The van der Waals surface area contributed by atoms with Crippen molar-refractivity contribution in [3.8, 4) is 0 Å². The predicted octanol–water partition coefficient (Wildman–Crippen LogP) is 3.66. The first kappa shape index (κ1) is 20.3. The van der Waals surface area contributed by atoms with Crippen molar-refractivity contribution in [2.24, 2.45) is 12.0 Å². The first-order valence-corrected chi connectivity index (χ1v) is 8.57. The Kier molecular flexibility index (Phi) is 7.07. The number of nitrogens with zero attached hydrogens (tertiary/aromatic N) is 3. The Labute approximate surface area is 171 Å². The number of fused-ring (bicyclic) bond motifs is 1. The van der Waals surface area contributed by atoms with Gasteiger partial charge in [-0.3, -0.25) is 4.68 Å². The van der Waals surface area contributed by atoms with Crippen molar-refractivity contribution in [2.75, 3.05) is 6.54 Å². The summed E-state index contributed by atoms with van der Waals surface area (Å²) in [5, 5.41) is 12.2. The van der Waals surface area contributed by atoms with E-state index in [9.17, 15) is 0 Å². The highest BCUT2D eigenvalue weighted by Crippen LogP contribution is 2.18. The van der Waals surface area contributed by atoms with Gasteiger partial charge in [0, 0.05) is 30.2 Å². The number of rotatable bonds is 5. The molecule has 3 rings (SSSR count). The van der Waals surface area contributed by atoms with Crippen molar-refractivity contribution >= 4 is 40.9 Å². The van der Waals surface area contributed by atoms with Gasteiger partial charge in [0.2, 0.25) is 0 Å². The molecule has 3 aromatic rings. The van der Waals surface area contributed by atoms with Crippen LogP contribution < -0.4 is 10.6 Å². The van der Waals surface area contributed by atoms with Crippen molar-refractivity contribution in [3.05, 3.63) is 53.0 Å². The quantitative estimate of drug-likeness (QED) is 0.342. The summed E-state index contributed by atoms with van der Waals surface area (Å²) in [5.74, 6) is 1.66. The molecule has 26 heavy (non-hydrogen) atoms. The van der Waals surface area contributed by atoms with E-state index in [-0.39, 0.29) is 24.0 Å². The zero-order valence-corrected chi connectivity index (χ0v) is 18.0. The maximum atomic E-state index is 5.84. The van der Waals surface area contributed by atoms with Crippen molar-refractivity contribution in [3.63, 3.8) is 0 Å². The second-order valence-corrected chi connectivity index (χ2v) is 6.07. The topological polar surface area (TPSA) is 67.4 Å². The number of hydrogen-bond acceptors (Lipinski definition) is 3. The maximum absolute atomic E-state index is 5.84. The fourth-order valence-corrected chi connectivity index (χ4v) is 2.84. The molecule has 2 aromatic heterocycles. The van der Waals surface area contributed by atoms with Gasteiger partial charge in [-0.15, -0.1) is 24.0 Å². The first-order chi connectivity index (χ1) is 12.1. The predicted molar refractivity (Wildman–Crippen MR) is 116 cm³/mol. The second kappa shape index (κ2) is 9.07. The Morgan fingerprint density at radius 3 is 2.65 bits per heavy atom. The van der Waals surface area contributed by atoms with Gasteiger partial charge in [-0.25, -0.2) is 4.99 Å². The van der Waals surface area contributed by atoms with Gasteiger partial charge in [-0.05, 0) is 32.9 Å². The van der Waals surface area contributed by atoms with Crippen molar-refractivity contribution in [1.82, 2.24) is 20.4 Å². The van der Waals surface area contributed by atoms with Gasteiger partial charge in [0.05, 0.1) is 18.8 Å². The van der Waals surface area contributed by atoms with Crippen molar-refractivity contribution in [1.29, 1.82) is 0 Å². The summed E-state index contributed by atoms with van der Waals surface area (Å²) in [6.07, 6.45) is 0. The third-order valence-electron chi connectivity index (χ3n) is 4.31. The molecule has 7 heteroatoms. The molecule has 0 saturated heterocycles.